The van der Waals surface area contributed by atoms with E-state index < -0.39 is 0 Å². The molecule has 21 heavy (non-hydrogen) atoms. The van der Waals surface area contributed by atoms with Crippen molar-refractivity contribution in [1.82, 2.24) is 10.3 Å². The number of carbonyl (C=O) groups excluding carboxylic acids is 1. The van der Waals surface area contributed by atoms with E-state index in [0.717, 1.165) is 5.56 Å². The zero-order valence-corrected chi connectivity index (χ0v) is 12.5. The minimum Gasteiger partial charge on any atom is -0.384 e. The molecule has 3 N–H and O–H groups in total. The Labute approximate surface area is 127 Å². The van der Waals surface area contributed by atoms with E-state index in [0.29, 0.717) is 23.2 Å². The van der Waals surface area contributed by atoms with Crippen molar-refractivity contribution in [2.75, 3.05) is 5.73 Å². The predicted molar refractivity (Wildman–Crippen MR) is 80.7 cm³/mol. The summed E-state index contributed by atoms with van der Waals surface area (Å²) in [4.78, 5) is 15.8. The Morgan fingerprint density at radius 1 is 1.29 bits per heavy atom. The molecular formula is C15H15ClFN3O. The van der Waals surface area contributed by atoms with E-state index >= 15 is 0 Å². The molecule has 0 saturated carbocycles. The molecule has 6 heteroatoms. The van der Waals surface area contributed by atoms with Crippen LogP contribution < -0.4 is 11.1 Å². The largest absolute Gasteiger partial charge is 0.384 e. The Bertz CT molecular complexity index is 660. The molecule has 110 valence electrons. The Morgan fingerprint density at radius 2 is 1.90 bits per heavy atom. The topological polar surface area (TPSA) is 68.0 Å². The normalized spacial score (nSPS) is 10.5. The first-order valence-corrected chi connectivity index (χ1v) is 6.71. The van der Waals surface area contributed by atoms with Gasteiger partial charge in [0.1, 0.15) is 16.8 Å². The van der Waals surface area contributed by atoms with Crippen molar-refractivity contribution >= 4 is 23.3 Å². The van der Waals surface area contributed by atoms with Crippen LogP contribution in [0.4, 0.5) is 10.2 Å². The Kier molecular flexibility index (Phi) is 4.43. The van der Waals surface area contributed by atoms with E-state index in [2.05, 4.69) is 10.3 Å². The highest BCUT2D eigenvalue weighted by Crippen LogP contribution is 2.15. The molecule has 1 heterocycles. The number of carbonyl (C=O) groups is 1. The molecule has 0 saturated heterocycles. The summed E-state index contributed by atoms with van der Waals surface area (Å²) < 4.78 is 13.5. The van der Waals surface area contributed by atoms with Crippen LogP contribution in [-0.2, 0) is 6.54 Å². The number of amides is 1. The number of nitrogens with one attached hydrogen (secondary N) is 1. The molecular weight excluding hydrogens is 293 g/mol. The average molecular weight is 308 g/mol. The smallest absolute Gasteiger partial charge is 0.251 e. The first-order valence-electron chi connectivity index (χ1n) is 6.33. The van der Waals surface area contributed by atoms with Crippen LogP contribution in [0.2, 0.25) is 5.15 Å². The quantitative estimate of drug-likeness (QED) is 0.857. The highest BCUT2D eigenvalue weighted by molar-refractivity contribution is 6.29. The first kappa shape index (κ1) is 15.3. The number of anilines is 1. The van der Waals surface area contributed by atoms with E-state index in [1.54, 1.807) is 26.0 Å². The number of hydrogen-bond acceptors (Lipinski definition) is 3. The Balaban J connectivity index is 2.11. The zero-order chi connectivity index (χ0) is 15.6. The number of nitrogen functional groups attached to an aromatic ring is 1. The number of pyridine rings is 1. The molecule has 0 aliphatic carbocycles. The van der Waals surface area contributed by atoms with Crippen LogP contribution in [0.15, 0.2) is 24.3 Å². The maximum absolute atomic E-state index is 13.5. The lowest BCUT2D eigenvalue weighted by Crippen LogP contribution is -2.23. The van der Waals surface area contributed by atoms with Gasteiger partial charge in [-0.05, 0) is 42.7 Å². The Hall–Kier alpha value is -2.14. The molecule has 2 aromatic rings. The molecule has 0 bridgehead atoms. The lowest BCUT2D eigenvalue weighted by molar-refractivity contribution is 0.0951. The predicted octanol–water partition coefficient (Wildman–Crippen LogP) is 3.00. The van der Waals surface area contributed by atoms with Gasteiger partial charge in [-0.25, -0.2) is 9.37 Å². The number of halogens is 2. The second-order valence-corrected chi connectivity index (χ2v) is 5.22. The molecule has 1 amide bonds. The molecule has 0 radical (unpaired) electrons. The maximum atomic E-state index is 13.5. The Morgan fingerprint density at radius 3 is 2.48 bits per heavy atom. The van der Waals surface area contributed by atoms with Crippen molar-refractivity contribution in [3.8, 4) is 0 Å². The zero-order valence-electron chi connectivity index (χ0n) is 11.7. The lowest BCUT2D eigenvalue weighted by atomic mass is 10.1. The monoisotopic (exact) mass is 307 g/mol. The van der Waals surface area contributed by atoms with Crippen LogP contribution in [0.5, 0.6) is 0 Å². The van der Waals surface area contributed by atoms with Crippen LogP contribution in [0, 0.1) is 19.7 Å². The standard InChI is InChI=1S/C15H15ClFN3O/c1-8-3-10(4-9(2)14(8)17)7-19-15(21)11-5-12(16)20-13(18)6-11/h3-6H,7H2,1-2H3,(H2,18,20)(H,19,21). The first-order chi connectivity index (χ1) is 9.86. The van der Waals surface area contributed by atoms with Crippen molar-refractivity contribution in [2.24, 2.45) is 0 Å². The summed E-state index contributed by atoms with van der Waals surface area (Å²) >= 11 is 5.76. The number of rotatable bonds is 3. The van der Waals surface area contributed by atoms with Crippen LogP contribution in [0.1, 0.15) is 27.0 Å². The summed E-state index contributed by atoms with van der Waals surface area (Å²) in [5.74, 6) is -0.356. The number of benzene rings is 1. The van der Waals surface area contributed by atoms with E-state index in [-0.39, 0.29) is 22.7 Å². The third kappa shape index (κ3) is 3.70. The summed E-state index contributed by atoms with van der Waals surface area (Å²) in [5.41, 5.74) is 7.81. The highest BCUT2D eigenvalue weighted by atomic mass is 35.5. The molecule has 0 aliphatic heterocycles. The minimum absolute atomic E-state index is 0.161. The van der Waals surface area contributed by atoms with Gasteiger partial charge in [0.15, 0.2) is 0 Å². The molecule has 0 atom stereocenters. The van der Waals surface area contributed by atoms with Gasteiger partial charge in [0.25, 0.3) is 5.91 Å². The highest BCUT2D eigenvalue weighted by Gasteiger charge is 2.09. The van der Waals surface area contributed by atoms with Gasteiger partial charge >= 0.3 is 0 Å². The van der Waals surface area contributed by atoms with Gasteiger partial charge in [-0.2, -0.15) is 0 Å². The van der Waals surface area contributed by atoms with Gasteiger partial charge < -0.3 is 11.1 Å². The van der Waals surface area contributed by atoms with Gasteiger partial charge in [0.05, 0.1) is 0 Å². The van der Waals surface area contributed by atoms with E-state index in [9.17, 15) is 9.18 Å². The maximum Gasteiger partial charge on any atom is 0.251 e. The summed E-state index contributed by atoms with van der Waals surface area (Å²) in [6.45, 7) is 3.68. The summed E-state index contributed by atoms with van der Waals surface area (Å²) in [6.07, 6.45) is 0. The van der Waals surface area contributed by atoms with Crippen LogP contribution >= 0.6 is 11.6 Å². The average Bonchev–Trinajstić information content (AvgIpc) is 2.40. The van der Waals surface area contributed by atoms with Crippen molar-refractivity contribution < 1.29 is 9.18 Å². The number of aryl methyl sites for hydroxylation is 2. The third-order valence-electron chi connectivity index (χ3n) is 3.03. The molecule has 1 aromatic carbocycles. The molecule has 1 aromatic heterocycles. The van der Waals surface area contributed by atoms with Gasteiger partial charge in [-0.3, -0.25) is 4.79 Å². The molecule has 0 unspecified atom stereocenters. The van der Waals surface area contributed by atoms with Crippen LogP contribution in [-0.4, -0.2) is 10.9 Å². The van der Waals surface area contributed by atoms with Crippen molar-refractivity contribution in [1.29, 1.82) is 0 Å². The number of hydrogen-bond donors (Lipinski definition) is 2. The second-order valence-electron chi connectivity index (χ2n) is 4.83. The minimum atomic E-state index is -0.314. The van der Waals surface area contributed by atoms with Crippen molar-refractivity contribution in [3.05, 3.63) is 57.5 Å². The molecule has 2 rings (SSSR count). The van der Waals surface area contributed by atoms with Crippen molar-refractivity contribution in [2.45, 2.75) is 20.4 Å². The van der Waals surface area contributed by atoms with E-state index in [1.165, 1.54) is 12.1 Å². The van der Waals surface area contributed by atoms with Gasteiger partial charge in [0, 0.05) is 12.1 Å². The number of nitrogens with zero attached hydrogens (tertiary/aromatic N) is 1. The van der Waals surface area contributed by atoms with Crippen molar-refractivity contribution in [3.63, 3.8) is 0 Å². The van der Waals surface area contributed by atoms with E-state index in [4.69, 9.17) is 17.3 Å². The molecule has 0 aliphatic rings. The third-order valence-corrected chi connectivity index (χ3v) is 3.22. The summed E-state index contributed by atoms with van der Waals surface area (Å²) in [7, 11) is 0. The molecule has 0 spiro atoms. The van der Waals surface area contributed by atoms with Crippen LogP contribution in [0.3, 0.4) is 0 Å². The van der Waals surface area contributed by atoms with E-state index in [1.807, 2.05) is 0 Å². The van der Waals surface area contributed by atoms with Gasteiger partial charge in [0.2, 0.25) is 0 Å². The molecule has 0 fully saturated rings. The molecule has 4 nitrogen and oxygen atoms in total. The van der Waals surface area contributed by atoms with Crippen LogP contribution in [0.25, 0.3) is 0 Å². The second kappa shape index (κ2) is 6.10. The SMILES string of the molecule is Cc1cc(CNC(=O)c2cc(N)nc(Cl)c2)cc(C)c1F. The fraction of sp³-hybridized carbons (Fsp3) is 0.200. The fourth-order valence-corrected chi connectivity index (χ4v) is 2.29. The fourth-order valence-electron chi connectivity index (χ4n) is 2.07. The number of nitrogens with two attached hydrogens (primary N) is 1. The summed E-state index contributed by atoms with van der Waals surface area (Å²) in [5, 5.41) is 2.90. The lowest BCUT2D eigenvalue weighted by Gasteiger charge is -2.09. The van der Waals surface area contributed by atoms with Gasteiger partial charge in [-0.15, -0.1) is 0 Å². The van der Waals surface area contributed by atoms with Gasteiger partial charge in [-0.1, -0.05) is 23.7 Å². The summed E-state index contributed by atoms with van der Waals surface area (Å²) in [6, 6.07) is 6.30. The number of aromatic nitrogens is 1.